The minimum absolute atomic E-state index is 0.127. The number of nitrogens with one attached hydrogen (secondary N) is 1. The third-order valence-corrected chi connectivity index (χ3v) is 3.82. The molecule has 1 N–H and O–H groups in total. The van der Waals surface area contributed by atoms with Crippen molar-refractivity contribution in [3.63, 3.8) is 0 Å². The smallest absolute Gasteiger partial charge is 0.228 e. The van der Waals surface area contributed by atoms with Gasteiger partial charge in [0.1, 0.15) is 13.2 Å². The van der Waals surface area contributed by atoms with Gasteiger partial charge < -0.3 is 19.5 Å². The number of methoxy groups -OCH3 is 1. The van der Waals surface area contributed by atoms with E-state index in [1.807, 2.05) is 24.3 Å². The molecule has 1 heterocycles. The minimum Gasteiger partial charge on any atom is -0.486 e. The van der Waals surface area contributed by atoms with Gasteiger partial charge >= 0.3 is 0 Å². The van der Waals surface area contributed by atoms with Gasteiger partial charge in [-0.15, -0.1) is 0 Å². The van der Waals surface area contributed by atoms with E-state index in [9.17, 15) is 4.79 Å². The van der Waals surface area contributed by atoms with Crippen LogP contribution in [0.1, 0.15) is 11.1 Å². The van der Waals surface area contributed by atoms with Crippen molar-refractivity contribution in [2.45, 2.75) is 13.0 Å². The van der Waals surface area contributed by atoms with E-state index in [1.165, 1.54) is 0 Å². The number of fused-ring (bicyclic) bond motifs is 1. The Hall–Kier alpha value is -2.24. The van der Waals surface area contributed by atoms with E-state index in [-0.39, 0.29) is 12.3 Å². The van der Waals surface area contributed by atoms with Gasteiger partial charge in [0.05, 0.1) is 18.1 Å². The van der Waals surface area contributed by atoms with Crippen molar-refractivity contribution < 1.29 is 19.0 Å². The first-order valence-corrected chi connectivity index (χ1v) is 7.99. The van der Waals surface area contributed by atoms with Gasteiger partial charge in [0.2, 0.25) is 5.91 Å². The SMILES string of the molecule is COCc1cccc(NC(=O)Cc2cc(Cl)c3c(c2)OCCO3)c1. The van der Waals surface area contributed by atoms with Crippen LogP contribution in [-0.2, 0) is 22.6 Å². The molecule has 5 nitrogen and oxygen atoms in total. The second-order valence-corrected chi connectivity index (χ2v) is 5.87. The molecule has 1 amide bonds. The molecule has 1 aliphatic heterocycles. The summed E-state index contributed by atoms with van der Waals surface area (Å²) in [6.07, 6.45) is 0.199. The van der Waals surface area contributed by atoms with Crippen molar-refractivity contribution in [1.82, 2.24) is 0 Å². The normalized spacial score (nSPS) is 12.8. The summed E-state index contributed by atoms with van der Waals surface area (Å²) < 4.78 is 16.1. The van der Waals surface area contributed by atoms with Crippen molar-refractivity contribution in [2.24, 2.45) is 0 Å². The van der Waals surface area contributed by atoms with Gasteiger partial charge in [0, 0.05) is 12.8 Å². The van der Waals surface area contributed by atoms with Crippen LogP contribution in [0.15, 0.2) is 36.4 Å². The van der Waals surface area contributed by atoms with E-state index in [1.54, 1.807) is 19.2 Å². The number of rotatable bonds is 5. The van der Waals surface area contributed by atoms with Gasteiger partial charge in [-0.2, -0.15) is 0 Å². The summed E-state index contributed by atoms with van der Waals surface area (Å²) in [4.78, 5) is 12.3. The summed E-state index contributed by atoms with van der Waals surface area (Å²) in [6.45, 7) is 1.46. The first-order chi connectivity index (χ1) is 11.7. The molecule has 126 valence electrons. The van der Waals surface area contributed by atoms with Crippen molar-refractivity contribution in [2.75, 3.05) is 25.6 Å². The third kappa shape index (κ3) is 3.99. The molecule has 1 aliphatic rings. The molecule has 0 aromatic heterocycles. The number of carbonyl (C=O) groups excluding carboxylic acids is 1. The number of hydrogen-bond acceptors (Lipinski definition) is 4. The van der Waals surface area contributed by atoms with Gasteiger partial charge in [-0.3, -0.25) is 4.79 Å². The zero-order chi connectivity index (χ0) is 16.9. The fraction of sp³-hybridized carbons (Fsp3) is 0.278. The highest BCUT2D eigenvalue weighted by atomic mass is 35.5. The molecule has 0 aliphatic carbocycles. The van der Waals surface area contributed by atoms with Crippen LogP contribution in [0, 0.1) is 0 Å². The molecule has 0 unspecified atom stereocenters. The third-order valence-electron chi connectivity index (χ3n) is 3.54. The molecule has 2 aromatic rings. The van der Waals surface area contributed by atoms with Crippen LogP contribution in [0.5, 0.6) is 11.5 Å². The van der Waals surface area contributed by atoms with E-state index in [0.717, 1.165) is 16.8 Å². The summed E-state index contributed by atoms with van der Waals surface area (Å²) in [5.74, 6) is 0.996. The van der Waals surface area contributed by atoms with Crippen molar-refractivity contribution in [1.29, 1.82) is 0 Å². The standard InChI is InChI=1S/C18H18ClNO4/c1-22-11-12-3-2-4-14(7-12)20-17(21)10-13-8-15(19)18-16(9-13)23-5-6-24-18/h2-4,7-9H,5-6,10-11H2,1H3,(H,20,21). The zero-order valence-corrected chi connectivity index (χ0v) is 14.1. The largest absolute Gasteiger partial charge is 0.486 e. The Balaban J connectivity index is 1.69. The topological polar surface area (TPSA) is 56.8 Å². The molecule has 0 fully saturated rings. The quantitative estimate of drug-likeness (QED) is 0.900. The molecule has 2 aromatic carbocycles. The highest BCUT2D eigenvalue weighted by molar-refractivity contribution is 6.32. The molecule has 24 heavy (non-hydrogen) atoms. The molecule has 0 bridgehead atoms. The summed E-state index contributed by atoms with van der Waals surface area (Å²) in [5.41, 5.74) is 2.51. The predicted molar refractivity (Wildman–Crippen MR) is 91.9 cm³/mol. The average molecular weight is 348 g/mol. The lowest BCUT2D eigenvalue weighted by Gasteiger charge is -2.20. The lowest BCUT2D eigenvalue weighted by atomic mass is 10.1. The van der Waals surface area contributed by atoms with Gasteiger partial charge in [-0.05, 0) is 35.4 Å². The van der Waals surface area contributed by atoms with Crippen molar-refractivity contribution in [3.8, 4) is 11.5 Å². The monoisotopic (exact) mass is 347 g/mol. The maximum absolute atomic E-state index is 12.3. The van der Waals surface area contributed by atoms with Crippen LogP contribution >= 0.6 is 11.6 Å². The number of ether oxygens (including phenoxy) is 3. The molecular formula is C18H18ClNO4. The van der Waals surface area contributed by atoms with Crippen LogP contribution in [-0.4, -0.2) is 26.2 Å². The molecule has 0 saturated carbocycles. The fourth-order valence-electron chi connectivity index (χ4n) is 2.56. The molecule has 0 radical (unpaired) electrons. The van der Waals surface area contributed by atoms with Crippen LogP contribution in [0.2, 0.25) is 5.02 Å². The second kappa shape index (κ2) is 7.55. The summed E-state index contributed by atoms with van der Waals surface area (Å²) in [7, 11) is 1.64. The minimum atomic E-state index is -0.127. The number of carbonyl (C=O) groups is 1. The van der Waals surface area contributed by atoms with Crippen LogP contribution < -0.4 is 14.8 Å². The Morgan fingerprint density at radius 3 is 2.88 bits per heavy atom. The van der Waals surface area contributed by atoms with E-state index in [4.69, 9.17) is 25.8 Å². The maximum Gasteiger partial charge on any atom is 0.228 e. The number of halogens is 1. The first-order valence-electron chi connectivity index (χ1n) is 7.61. The Kier molecular flexibility index (Phi) is 5.23. The Morgan fingerprint density at radius 2 is 2.04 bits per heavy atom. The number of benzene rings is 2. The lowest BCUT2D eigenvalue weighted by Crippen LogP contribution is -2.17. The van der Waals surface area contributed by atoms with Gasteiger partial charge in [-0.25, -0.2) is 0 Å². The molecule has 0 atom stereocenters. The summed E-state index contributed by atoms with van der Waals surface area (Å²) >= 11 is 6.20. The molecular weight excluding hydrogens is 330 g/mol. The fourth-order valence-corrected chi connectivity index (χ4v) is 2.85. The highest BCUT2D eigenvalue weighted by Gasteiger charge is 2.17. The van der Waals surface area contributed by atoms with E-state index in [0.29, 0.717) is 36.3 Å². The highest BCUT2D eigenvalue weighted by Crippen LogP contribution is 2.38. The molecule has 6 heteroatoms. The predicted octanol–water partition coefficient (Wildman–Crippen LogP) is 3.44. The first kappa shape index (κ1) is 16.6. The molecule has 0 saturated heterocycles. The average Bonchev–Trinajstić information content (AvgIpc) is 2.55. The summed E-state index contributed by atoms with van der Waals surface area (Å²) in [6, 6.07) is 11.1. The van der Waals surface area contributed by atoms with Crippen LogP contribution in [0.3, 0.4) is 0 Å². The number of amides is 1. The van der Waals surface area contributed by atoms with Gasteiger partial charge in [0.25, 0.3) is 0 Å². The Morgan fingerprint density at radius 1 is 1.21 bits per heavy atom. The second-order valence-electron chi connectivity index (χ2n) is 5.46. The van der Waals surface area contributed by atoms with Crippen LogP contribution in [0.4, 0.5) is 5.69 Å². The van der Waals surface area contributed by atoms with E-state index >= 15 is 0 Å². The lowest BCUT2D eigenvalue weighted by molar-refractivity contribution is -0.115. The number of anilines is 1. The van der Waals surface area contributed by atoms with Crippen molar-refractivity contribution in [3.05, 3.63) is 52.5 Å². The van der Waals surface area contributed by atoms with Gasteiger partial charge in [-0.1, -0.05) is 23.7 Å². The number of hydrogen-bond donors (Lipinski definition) is 1. The van der Waals surface area contributed by atoms with E-state index < -0.39 is 0 Å². The van der Waals surface area contributed by atoms with Crippen LogP contribution in [0.25, 0.3) is 0 Å². The maximum atomic E-state index is 12.3. The molecule has 3 rings (SSSR count). The van der Waals surface area contributed by atoms with Gasteiger partial charge in [0.15, 0.2) is 11.5 Å². The summed E-state index contributed by atoms with van der Waals surface area (Å²) in [5, 5.41) is 3.33. The Bertz CT molecular complexity index is 748. The van der Waals surface area contributed by atoms with Crippen molar-refractivity contribution >= 4 is 23.2 Å². The van der Waals surface area contributed by atoms with E-state index in [2.05, 4.69) is 5.32 Å². The Labute approximate surface area is 145 Å². The zero-order valence-electron chi connectivity index (χ0n) is 13.3. The molecule has 0 spiro atoms.